The number of amides is 1. The van der Waals surface area contributed by atoms with Crippen LogP contribution in [0.25, 0.3) is 0 Å². The Morgan fingerprint density at radius 2 is 1.97 bits per heavy atom. The van der Waals surface area contributed by atoms with Crippen LogP contribution >= 0.6 is 0 Å². The molecule has 2 aromatic rings. The lowest BCUT2D eigenvalue weighted by Gasteiger charge is -2.15. The summed E-state index contributed by atoms with van der Waals surface area (Å²) >= 11 is 0. The molecule has 2 aromatic carbocycles. The zero-order valence-electron chi connectivity index (χ0n) is 16.7. The number of carbonyl (C=O) groups is 1. The van der Waals surface area contributed by atoms with Gasteiger partial charge in [-0.3, -0.25) is 4.79 Å². The van der Waals surface area contributed by atoms with Gasteiger partial charge in [-0.1, -0.05) is 12.1 Å². The molecular formula is C20H24N2O7S. The van der Waals surface area contributed by atoms with Crippen molar-refractivity contribution in [2.45, 2.75) is 18.8 Å². The number of ether oxygens (including phenoxy) is 4. The molecule has 1 unspecified atom stereocenters. The first-order valence-electron chi connectivity index (χ1n) is 9.29. The number of nitrogens with one attached hydrogen (secondary N) is 2. The zero-order chi connectivity index (χ0) is 21.6. The summed E-state index contributed by atoms with van der Waals surface area (Å²) in [6.07, 6.45) is -0.784. The van der Waals surface area contributed by atoms with E-state index in [4.69, 9.17) is 18.9 Å². The highest BCUT2D eigenvalue weighted by Crippen LogP contribution is 2.35. The highest BCUT2D eigenvalue weighted by atomic mass is 32.2. The first-order valence-corrected chi connectivity index (χ1v) is 10.9. The van der Waals surface area contributed by atoms with Crippen molar-refractivity contribution in [3.05, 3.63) is 48.0 Å². The fourth-order valence-corrected chi connectivity index (χ4v) is 3.88. The fourth-order valence-electron chi connectivity index (χ4n) is 2.76. The summed E-state index contributed by atoms with van der Waals surface area (Å²) in [5.74, 6) is 1.09. The standard InChI is InChI=1S/C20H24N2O7S/c1-14(29-17-6-7-18-19(11-17)28-13-27-18)20(23)22-16-5-3-4-15(10-16)12-30(24,25)21-8-9-26-2/h3-7,10-11,14,21H,8-9,12-13H2,1-2H3,(H,22,23). The summed E-state index contributed by atoms with van der Waals surface area (Å²) in [6.45, 7) is 2.26. The normalized spacial score (nSPS) is 13.7. The predicted octanol–water partition coefficient (Wildman–Crippen LogP) is 1.89. The second kappa shape index (κ2) is 9.79. The molecule has 162 valence electrons. The molecule has 0 fully saturated rings. The number of benzene rings is 2. The van der Waals surface area contributed by atoms with Gasteiger partial charge in [0.1, 0.15) is 5.75 Å². The van der Waals surface area contributed by atoms with Crippen molar-refractivity contribution in [2.75, 3.05) is 32.4 Å². The maximum atomic E-state index is 12.5. The monoisotopic (exact) mass is 436 g/mol. The first-order chi connectivity index (χ1) is 14.4. The molecule has 1 amide bonds. The first kappa shape index (κ1) is 21.9. The molecular weight excluding hydrogens is 412 g/mol. The Kier molecular flexibility index (Phi) is 7.14. The van der Waals surface area contributed by atoms with Crippen molar-refractivity contribution < 1.29 is 32.2 Å². The number of hydrogen-bond donors (Lipinski definition) is 2. The molecule has 0 spiro atoms. The number of fused-ring (bicyclic) bond motifs is 1. The zero-order valence-corrected chi connectivity index (χ0v) is 17.5. The molecule has 0 aromatic heterocycles. The molecule has 0 radical (unpaired) electrons. The van der Waals surface area contributed by atoms with Crippen LogP contribution in [0, 0.1) is 0 Å². The van der Waals surface area contributed by atoms with Crippen LogP contribution in [-0.4, -0.2) is 47.5 Å². The van der Waals surface area contributed by atoms with Crippen molar-refractivity contribution in [3.63, 3.8) is 0 Å². The number of hydrogen-bond acceptors (Lipinski definition) is 7. The van der Waals surface area contributed by atoms with Gasteiger partial charge in [0.2, 0.25) is 16.8 Å². The van der Waals surface area contributed by atoms with Crippen LogP contribution in [0.2, 0.25) is 0 Å². The smallest absolute Gasteiger partial charge is 0.265 e. The van der Waals surface area contributed by atoms with E-state index in [1.54, 1.807) is 49.4 Å². The highest BCUT2D eigenvalue weighted by molar-refractivity contribution is 7.88. The number of rotatable bonds is 10. The lowest BCUT2D eigenvalue weighted by molar-refractivity contribution is -0.122. The molecule has 0 saturated carbocycles. The van der Waals surface area contributed by atoms with E-state index in [9.17, 15) is 13.2 Å². The molecule has 10 heteroatoms. The summed E-state index contributed by atoms with van der Waals surface area (Å²) in [5, 5.41) is 2.74. The summed E-state index contributed by atoms with van der Waals surface area (Å²) in [4.78, 5) is 12.5. The van der Waals surface area contributed by atoms with E-state index in [2.05, 4.69) is 10.0 Å². The van der Waals surface area contributed by atoms with Gasteiger partial charge >= 0.3 is 0 Å². The lowest BCUT2D eigenvalue weighted by atomic mass is 10.2. The molecule has 1 aliphatic rings. The molecule has 30 heavy (non-hydrogen) atoms. The third-order valence-corrected chi connectivity index (χ3v) is 5.56. The molecule has 0 bridgehead atoms. The van der Waals surface area contributed by atoms with E-state index in [0.717, 1.165) is 0 Å². The van der Waals surface area contributed by atoms with Gasteiger partial charge in [-0.2, -0.15) is 0 Å². The number of carbonyl (C=O) groups excluding carboxylic acids is 1. The van der Waals surface area contributed by atoms with Crippen LogP contribution in [0.4, 0.5) is 5.69 Å². The van der Waals surface area contributed by atoms with Gasteiger partial charge in [-0.15, -0.1) is 0 Å². The van der Waals surface area contributed by atoms with E-state index >= 15 is 0 Å². The van der Waals surface area contributed by atoms with Crippen molar-refractivity contribution in [3.8, 4) is 17.2 Å². The molecule has 1 atom stereocenters. The number of sulfonamides is 1. The number of methoxy groups -OCH3 is 1. The minimum atomic E-state index is -3.50. The SMILES string of the molecule is COCCNS(=O)(=O)Cc1cccc(NC(=O)C(C)Oc2ccc3c(c2)OCO3)c1. The number of anilines is 1. The van der Waals surface area contributed by atoms with Crippen LogP contribution in [0.5, 0.6) is 17.2 Å². The van der Waals surface area contributed by atoms with Gasteiger partial charge in [-0.05, 0) is 36.8 Å². The lowest BCUT2D eigenvalue weighted by Crippen LogP contribution is -2.30. The Hall–Kier alpha value is -2.82. The van der Waals surface area contributed by atoms with Gasteiger partial charge in [-0.25, -0.2) is 13.1 Å². The molecule has 3 rings (SSSR count). The van der Waals surface area contributed by atoms with Crippen LogP contribution in [0.1, 0.15) is 12.5 Å². The maximum absolute atomic E-state index is 12.5. The third kappa shape index (κ3) is 6.09. The minimum Gasteiger partial charge on any atom is -0.481 e. The summed E-state index contributed by atoms with van der Waals surface area (Å²) in [7, 11) is -2.01. The Labute approximate surface area is 175 Å². The van der Waals surface area contributed by atoms with Crippen molar-refractivity contribution >= 4 is 21.6 Å². The summed E-state index contributed by atoms with van der Waals surface area (Å²) in [6, 6.07) is 11.7. The molecule has 9 nitrogen and oxygen atoms in total. The quantitative estimate of drug-likeness (QED) is 0.547. The Balaban J connectivity index is 1.57. The second-order valence-electron chi connectivity index (χ2n) is 6.61. The summed E-state index contributed by atoms with van der Waals surface area (Å²) in [5.41, 5.74) is 1.02. The van der Waals surface area contributed by atoms with Crippen LogP contribution in [0.3, 0.4) is 0 Å². The van der Waals surface area contributed by atoms with Crippen molar-refractivity contribution in [2.24, 2.45) is 0 Å². The van der Waals surface area contributed by atoms with E-state index in [0.29, 0.717) is 28.5 Å². The maximum Gasteiger partial charge on any atom is 0.265 e. The minimum absolute atomic E-state index is 0.156. The second-order valence-corrected chi connectivity index (χ2v) is 8.42. The van der Waals surface area contributed by atoms with Crippen molar-refractivity contribution in [1.82, 2.24) is 4.72 Å². The van der Waals surface area contributed by atoms with Gasteiger partial charge in [0.25, 0.3) is 5.91 Å². The predicted molar refractivity (Wildman–Crippen MR) is 110 cm³/mol. The highest BCUT2D eigenvalue weighted by Gasteiger charge is 2.19. The van der Waals surface area contributed by atoms with E-state index in [-0.39, 0.29) is 31.6 Å². The fraction of sp³-hybridized carbons (Fsp3) is 0.350. The van der Waals surface area contributed by atoms with Crippen LogP contribution < -0.4 is 24.2 Å². The van der Waals surface area contributed by atoms with E-state index in [1.807, 2.05) is 0 Å². The topological polar surface area (TPSA) is 112 Å². The molecule has 2 N–H and O–H groups in total. The largest absolute Gasteiger partial charge is 0.481 e. The van der Waals surface area contributed by atoms with E-state index < -0.39 is 16.1 Å². The molecule has 0 saturated heterocycles. The molecule has 1 heterocycles. The van der Waals surface area contributed by atoms with Gasteiger partial charge in [0.15, 0.2) is 17.6 Å². The Bertz CT molecular complexity index is 994. The molecule has 0 aliphatic carbocycles. The Morgan fingerprint density at radius 3 is 2.77 bits per heavy atom. The summed E-state index contributed by atoms with van der Waals surface area (Å²) < 4.78 is 47.7. The van der Waals surface area contributed by atoms with Gasteiger partial charge < -0.3 is 24.3 Å². The van der Waals surface area contributed by atoms with Gasteiger partial charge in [0.05, 0.1) is 12.4 Å². The molecule has 1 aliphatic heterocycles. The van der Waals surface area contributed by atoms with Crippen LogP contribution in [0.15, 0.2) is 42.5 Å². The average Bonchev–Trinajstić information content (AvgIpc) is 3.15. The third-order valence-electron chi connectivity index (χ3n) is 4.21. The van der Waals surface area contributed by atoms with E-state index in [1.165, 1.54) is 7.11 Å². The Morgan fingerprint density at radius 1 is 1.17 bits per heavy atom. The van der Waals surface area contributed by atoms with Gasteiger partial charge in [0, 0.05) is 25.4 Å². The van der Waals surface area contributed by atoms with Crippen LogP contribution in [-0.2, 0) is 25.3 Å². The van der Waals surface area contributed by atoms with Crippen molar-refractivity contribution in [1.29, 1.82) is 0 Å². The average molecular weight is 436 g/mol.